The van der Waals surface area contributed by atoms with Gasteiger partial charge in [-0.25, -0.2) is 4.79 Å². The van der Waals surface area contributed by atoms with Crippen LogP contribution >= 0.6 is 0 Å². The Balaban J connectivity index is 0.861. The van der Waals surface area contributed by atoms with Crippen molar-refractivity contribution in [2.75, 3.05) is 25.0 Å². The van der Waals surface area contributed by atoms with Gasteiger partial charge >= 0.3 is 5.69 Å². The number of fused-ring (bicyclic) bond motifs is 2. The van der Waals surface area contributed by atoms with Gasteiger partial charge in [0.1, 0.15) is 12.1 Å². The number of aromatic nitrogens is 5. The van der Waals surface area contributed by atoms with E-state index in [4.69, 9.17) is 10.4 Å². The van der Waals surface area contributed by atoms with Crippen molar-refractivity contribution in [3.8, 4) is 6.07 Å². The Hall–Kier alpha value is -5.61. The molecule has 3 amide bonds. The van der Waals surface area contributed by atoms with Crippen LogP contribution in [-0.2, 0) is 16.6 Å². The van der Waals surface area contributed by atoms with Gasteiger partial charge in [-0.05, 0) is 106 Å². The number of likely N-dealkylation sites (tertiary alicyclic amines) is 1. The highest BCUT2D eigenvalue weighted by Crippen LogP contribution is 2.37. The van der Waals surface area contributed by atoms with Gasteiger partial charge in [0.25, 0.3) is 5.91 Å². The van der Waals surface area contributed by atoms with Crippen LogP contribution in [-0.4, -0.2) is 66.2 Å². The SMILES string of the molecule is Cn1c(=O)n(C2CCC(=O)NC2=O)c2cccc(C3CCN(CC4CCC(n5cc6cc(NC(=O)c7cncc(C#N)c7)ccc6n5)CC4)CC3)c21. The zero-order valence-electron chi connectivity index (χ0n) is 29.1. The van der Waals surface area contributed by atoms with Gasteiger partial charge in [-0.15, -0.1) is 0 Å². The van der Waals surface area contributed by atoms with E-state index in [2.05, 4.69) is 37.5 Å². The van der Waals surface area contributed by atoms with Crippen LogP contribution in [0, 0.1) is 17.2 Å². The summed E-state index contributed by atoms with van der Waals surface area (Å²) in [6.45, 7) is 3.10. The van der Waals surface area contributed by atoms with E-state index >= 15 is 0 Å². The number of piperidine rings is 2. The van der Waals surface area contributed by atoms with Crippen molar-refractivity contribution in [1.82, 2.24) is 34.1 Å². The number of carbonyl (C=O) groups excluding carboxylic acids is 3. The second kappa shape index (κ2) is 13.8. The molecule has 1 aliphatic carbocycles. The Kier molecular flexibility index (Phi) is 8.92. The fourth-order valence-electron chi connectivity index (χ4n) is 8.55. The van der Waals surface area contributed by atoms with E-state index < -0.39 is 11.9 Å². The smallest absolute Gasteiger partial charge is 0.322 e. The van der Waals surface area contributed by atoms with E-state index in [-0.39, 0.29) is 23.9 Å². The number of carbonyl (C=O) groups is 3. The standard InChI is InChI=1S/C39H41N9O4/c1-45-36-31(3-2-4-33(36)48(39(45)52)34-11-12-35(49)43-38(34)51)26-13-15-46(16-14-26)22-24-5-8-30(9-6-24)47-23-28-18-29(7-10-32(28)44-47)42-37(50)27-17-25(19-40)20-41-21-27/h2-4,7,10,17-18,20-21,23-24,26,30,34H,5-6,8-9,11-16,22H2,1H3,(H,42,50)(H,43,49,51). The summed E-state index contributed by atoms with van der Waals surface area (Å²) in [5.41, 5.74) is 4.81. The second-order valence-corrected chi connectivity index (χ2v) is 14.6. The number of pyridine rings is 1. The lowest BCUT2D eigenvalue weighted by Gasteiger charge is -2.37. The van der Waals surface area contributed by atoms with E-state index in [0.29, 0.717) is 41.1 Å². The number of amides is 3. The number of nitrogens with one attached hydrogen (secondary N) is 2. The summed E-state index contributed by atoms with van der Waals surface area (Å²) >= 11 is 0. The molecule has 2 N–H and O–H groups in total. The molecule has 13 heteroatoms. The van der Waals surface area contributed by atoms with Crippen molar-refractivity contribution in [3.05, 3.63) is 88.2 Å². The zero-order chi connectivity index (χ0) is 35.9. The van der Waals surface area contributed by atoms with Crippen LogP contribution in [0.2, 0.25) is 0 Å². The highest BCUT2D eigenvalue weighted by molar-refractivity contribution is 6.05. The first-order valence-corrected chi connectivity index (χ1v) is 18.2. The topological polar surface area (TPSA) is 160 Å². The zero-order valence-corrected chi connectivity index (χ0v) is 29.1. The van der Waals surface area contributed by atoms with Gasteiger partial charge in [-0.2, -0.15) is 10.4 Å². The molecule has 5 heterocycles. The number of imidazole rings is 1. The average molecular weight is 700 g/mol. The van der Waals surface area contributed by atoms with Crippen molar-refractivity contribution in [2.24, 2.45) is 13.0 Å². The summed E-state index contributed by atoms with van der Waals surface area (Å²) < 4.78 is 5.35. The first kappa shape index (κ1) is 33.5. The molecule has 1 saturated carbocycles. The molecule has 0 bridgehead atoms. The lowest BCUT2D eigenvalue weighted by Crippen LogP contribution is -2.44. The maximum atomic E-state index is 13.4. The van der Waals surface area contributed by atoms with Crippen LogP contribution in [0.4, 0.5) is 5.69 Å². The van der Waals surface area contributed by atoms with Gasteiger partial charge in [0, 0.05) is 49.7 Å². The van der Waals surface area contributed by atoms with Crippen LogP contribution in [0.15, 0.2) is 65.8 Å². The third-order valence-electron chi connectivity index (χ3n) is 11.3. The summed E-state index contributed by atoms with van der Waals surface area (Å²) in [5.74, 6) is -0.0483. The quantitative estimate of drug-likeness (QED) is 0.229. The third-order valence-corrected chi connectivity index (χ3v) is 11.3. The van der Waals surface area contributed by atoms with Crippen LogP contribution in [0.3, 0.4) is 0 Å². The molecule has 8 rings (SSSR count). The Labute approximate surface area is 300 Å². The molecule has 2 saturated heterocycles. The molecule has 2 aliphatic heterocycles. The van der Waals surface area contributed by atoms with E-state index in [0.717, 1.165) is 85.7 Å². The number of anilines is 1. The minimum Gasteiger partial charge on any atom is -0.322 e. The van der Waals surface area contributed by atoms with Crippen LogP contribution in [0.1, 0.15) is 90.9 Å². The molecule has 13 nitrogen and oxygen atoms in total. The summed E-state index contributed by atoms with van der Waals surface area (Å²) in [4.78, 5) is 57.2. The first-order chi connectivity index (χ1) is 25.2. The molecule has 3 aliphatic rings. The first-order valence-electron chi connectivity index (χ1n) is 18.2. The number of nitrogens with zero attached hydrogens (tertiary/aromatic N) is 7. The lowest BCUT2D eigenvalue weighted by atomic mass is 9.84. The fraction of sp³-hybridized carbons (Fsp3) is 0.410. The lowest BCUT2D eigenvalue weighted by molar-refractivity contribution is -0.135. The molecule has 2 aromatic carbocycles. The highest BCUT2D eigenvalue weighted by Gasteiger charge is 2.33. The van der Waals surface area contributed by atoms with Gasteiger partial charge in [-0.1, -0.05) is 12.1 Å². The van der Waals surface area contributed by atoms with Crippen molar-refractivity contribution in [1.29, 1.82) is 5.26 Å². The summed E-state index contributed by atoms with van der Waals surface area (Å²) in [7, 11) is 1.78. The van der Waals surface area contributed by atoms with Gasteiger partial charge < -0.3 is 10.2 Å². The molecule has 0 spiro atoms. The van der Waals surface area contributed by atoms with Crippen molar-refractivity contribution in [2.45, 2.75) is 69.4 Å². The number of hydrogen-bond donors (Lipinski definition) is 2. The Morgan fingerprint density at radius 3 is 2.58 bits per heavy atom. The Morgan fingerprint density at radius 2 is 1.81 bits per heavy atom. The largest absolute Gasteiger partial charge is 0.329 e. The molecular formula is C39H41N9O4. The maximum absolute atomic E-state index is 13.4. The molecule has 1 unspecified atom stereocenters. The minimum atomic E-state index is -0.681. The van der Waals surface area contributed by atoms with Gasteiger partial charge in [-0.3, -0.25) is 38.5 Å². The van der Waals surface area contributed by atoms with E-state index in [1.54, 1.807) is 16.2 Å². The van der Waals surface area contributed by atoms with Crippen LogP contribution in [0.25, 0.3) is 21.9 Å². The van der Waals surface area contributed by atoms with Crippen molar-refractivity contribution < 1.29 is 14.4 Å². The molecule has 266 valence electrons. The number of aryl methyl sites for hydroxylation is 1. The van der Waals surface area contributed by atoms with E-state index in [1.165, 1.54) is 18.5 Å². The Bertz CT molecular complexity index is 2300. The van der Waals surface area contributed by atoms with Gasteiger partial charge in [0.05, 0.1) is 33.7 Å². The minimum absolute atomic E-state index is 0.222. The molecule has 0 radical (unpaired) electrons. The number of benzene rings is 2. The highest BCUT2D eigenvalue weighted by atomic mass is 16.2. The van der Waals surface area contributed by atoms with E-state index in [9.17, 15) is 19.2 Å². The van der Waals surface area contributed by atoms with E-state index in [1.807, 2.05) is 36.4 Å². The number of rotatable bonds is 7. The number of hydrogen-bond acceptors (Lipinski definition) is 8. The number of para-hydroxylation sites is 1. The van der Waals surface area contributed by atoms with Gasteiger partial charge in [0.15, 0.2) is 0 Å². The summed E-state index contributed by atoms with van der Waals surface area (Å²) in [6, 6.07) is 14.9. The monoisotopic (exact) mass is 699 g/mol. The molecule has 52 heavy (non-hydrogen) atoms. The molecule has 3 aromatic heterocycles. The average Bonchev–Trinajstić information content (AvgIpc) is 3.70. The number of imide groups is 1. The summed E-state index contributed by atoms with van der Waals surface area (Å²) in [5, 5.41) is 20.3. The van der Waals surface area contributed by atoms with Crippen LogP contribution < -0.4 is 16.3 Å². The van der Waals surface area contributed by atoms with Crippen LogP contribution in [0.5, 0.6) is 0 Å². The molecule has 5 aromatic rings. The molecule has 1 atom stereocenters. The number of nitriles is 1. The van der Waals surface area contributed by atoms with Crippen molar-refractivity contribution >= 4 is 45.3 Å². The summed E-state index contributed by atoms with van der Waals surface area (Å²) in [6.07, 6.45) is 12.0. The maximum Gasteiger partial charge on any atom is 0.329 e. The fourth-order valence-corrected chi connectivity index (χ4v) is 8.55. The Morgan fingerprint density at radius 1 is 1.00 bits per heavy atom. The predicted octanol–water partition coefficient (Wildman–Crippen LogP) is 4.80. The predicted molar refractivity (Wildman–Crippen MR) is 195 cm³/mol. The third kappa shape index (κ3) is 6.39. The van der Waals surface area contributed by atoms with Crippen molar-refractivity contribution in [3.63, 3.8) is 0 Å². The second-order valence-electron chi connectivity index (χ2n) is 14.6. The molecule has 3 fully saturated rings. The van der Waals surface area contributed by atoms with Gasteiger partial charge in [0.2, 0.25) is 11.8 Å². The normalized spacial score (nSPS) is 21.7. The molecular weight excluding hydrogens is 658 g/mol.